The number of hydrogen-bond acceptors (Lipinski definition) is 5. The number of benzene rings is 2. The van der Waals surface area contributed by atoms with Gasteiger partial charge in [-0.05, 0) is 43.7 Å². The van der Waals surface area contributed by atoms with E-state index < -0.39 is 15.8 Å². The number of hydrogen-bond donors (Lipinski definition) is 1. The second kappa shape index (κ2) is 7.77. The zero-order valence-corrected chi connectivity index (χ0v) is 17.1. The van der Waals surface area contributed by atoms with Crippen molar-refractivity contribution in [3.63, 3.8) is 0 Å². The molecule has 6 nitrogen and oxygen atoms in total. The lowest BCUT2D eigenvalue weighted by molar-refractivity contribution is 0.0372. The summed E-state index contributed by atoms with van der Waals surface area (Å²) in [6, 6.07) is 13.3. The van der Waals surface area contributed by atoms with E-state index >= 15 is 0 Å². The highest BCUT2D eigenvalue weighted by Crippen LogP contribution is 2.34. The molecule has 0 saturated heterocycles. The van der Waals surface area contributed by atoms with Crippen molar-refractivity contribution in [2.24, 2.45) is 0 Å². The topological polar surface area (TPSA) is 89.1 Å². The van der Waals surface area contributed by atoms with Crippen LogP contribution in [0.2, 0.25) is 5.02 Å². The number of nitrogens with zero attached hydrogens (tertiary/aromatic N) is 1. The van der Waals surface area contributed by atoms with Crippen LogP contribution in [0.5, 0.6) is 0 Å². The molecule has 0 bridgehead atoms. The summed E-state index contributed by atoms with van der Waals surface area (Å²) in [5, 5.41) is 7.62. The summed E-state index contributed by atoms with van der Waals surface area (Å²) >= 11 is 5.99. The summed E-state index contributed by atoms with van der Waals surface area (Å²) in [6.07, 6.45) is 0.863. The minimum Gasteiger partial charge on any atom is -0.458 e. The number of nitrogens with one attached hydrogen (secondary N) is 1. The third-order valence-corrected chi connectivity index (χ3v) is 5.38. The smallest absolute Gasteiger partial charge is 0.357 e. The molecule has 0 aliphatic heterocycles. The number of carbonyl (C=O) groups is 1. The predicted molar refractivity (Wildman–Crippen MR) is 108 cm³/mol. The molecular formula is C20H19ClN2O4S. The van der Waals surface area contributed by atoms with E-state index in [1.807, 2.05) is 0 Å². The second-order valence-corrected chi connectivity index (χ2v) is 9.03. The van der Waals surface area contributed by atoms with Gasteiger partial charge in [0.25, 0.3) is 0 Å². The van der Waals surface area contributed by atoms with Gasteiger partial charge in [0, 0.05) is 22.4 Å². The van der Waals surface area contributed by atoms with Crippen molar-refractivity contribution in [2.75, 3.05) is 6.26 Å². The summed E-state index contributed by atoms with van der Waals surface area (Å²) in [6.45, 7) is 3.53. The van der Waals surface area contributed by atoms with Crippen molar-refractivity contribution in [3.8, 4) is 22.4 Å². The van der Waals surface area contributed by atoms with Crippen LogP contribution in [0.25, 0.3) is 22.4 Å². The molecular weight excluding hydrogens is 400 g/mol. The average molecular weight is 419 g/mol. The van der Waals surface area contributed by atoms with Crippen LogP contribution in [0.15, 0.2) is 53.4 Å². The number of carbonyl (C=O) groups excluding carboxylic acids is 1. The summed E-state index contributed by atoms with van der Waals surface area (Å²) < 4.78 is 28.7. The predicted octanol–water partition coefficient (Wildman–Crippen LogP) is 4.37. The first kappa shape index (κ1) is 20.1. The molecule has 0 unspecified atom stereocenters. The lowest BCUT2D eigenvalue weighted by Gasteiger charge is -2.10. The standard InChI is InChI=1S/C20H19ClN2O4S/c1-12(2)27-20(24)19-17(13-4-8-15(21)9-5-13)18(22-23-19)14-6-10-16(11-7-14)28(3,25)26/h4-12H,1-3H3,(H,22,23). The Hall–Kier alpha value is -2.64. The molecule has 1 heterocycles. The van der Waals surface area contributed by atoms with E-state index in [-0.39, 0.29) is 16.7 Å². The Kier molecular flexibility index (Phi) is 5.58. The lowest BCUT2D eigenvalue weighted by Crippen LogP contribution is -2.13. The number of ether oxygens (including phenoxy) is 1. The molecule has 8 heteroatoms. The van der Waals surface area contributed by atoms with Crippen LogP contribution in [0, 0.1) is 0 Å². The Morgan fingerprint density at radius 2 is 1.61 bits per heavy atom. The first-order valence-electron chi connectivity index (χ1n) is 8.52. The van der Waals surface area contributed by atoms with Gasteiger partial charge in [-0.3, -0.25) is 5.10 Å². The first-order chi connectivity index (χ1) is 13.2. The fourth-order valence-corrected chi connectivity index (χ4v) is 3.49. The van der Waals surface area contributed by atoms with Gasteiger partial charge in [-0.25, -0.2) is 13.2 Å². The molecule has 1 N–H and O–H groups in total. The van der Waals surface area contributed by atoms with Gasteiger partial charge in [-0.1, -0.05) is 35.9 Å². The highest BCUT2D eigenvalue weighted by Gasteiger charge is 2.23. The maximum absolute atomic E-state index is 12.5. The van der Waals surface area contributed by atoms with Crippen LogP contribution in [0.3, 0.4) is 0 Å². The highest BCUT2D eigenvalue weighted by atomic mass is 35.5. The Morgan fingerprint density at radius 1 is 1.04 bits per heavy atom. The molecule has 0 aliphatic rings. The Bertz CT molecular complexity index is 1100. The molecule has 0 radical (unpaired) electrons. The summed E-state index contributed by atoms with van der Waals surface area (Å²) in [7, 11) is -3.31. The minimum atomic E-state index is -3.31. The zero-order chi connectivity index (χ0) is 20.5. The van der Waals surface area contributed by atoms with Crippen LogP contribution in [0.4, 0.5) is 0 Å². The Balaban J connectivity index is 2.14. The first-order valence-corrected chi connectivity index (χ1v) is 10.8. The van der Waals surface area contributed by atoms with E-state index in [0.29, 0.717) is 21.8 Å². The zero-order valence-electron chi connectivity index (χ0n) is 15.6. The van der Waals surface area contributed by atoms with E-state index in [4.69, 9.17) is 16.3 Å². The van der Waals surface area contributed by atoms with Gasteiger partial charge in [0.1, 0.15) is 5.69 Å². The molecule has 28 heavy (non-hydrogen) atoms. The molecule has 2 aromatic carbocycles. The summed E-state index contributed by atoms with van der Waals surface area (Å²) in [5.74, 6) is -0.522. The Morgan fingerprint density at radius 3 is 2.14 bits per heavy atom. The number of H-pyrrole nitrogens is 1. The molecule has 0 fully saturated rings. The third kappa shape index (κ3) is 4.26. The van der Waals surface area contributed by atoms with Crippen molar-refractivity contribution in [2.45, 2.75) is 24.8 Å². The molecule has 0 saturated carbocycles. The molecule has 0 atom stereocenters. The number of rotatable bonds is 5. The molecule has 3 rings (SSSR count). The van der Waals surface area contributed by atoms with E-state index in [2.05, 4.69) is 10.2 Å². The third-order valence-electron chi connectivity index (χ3n) is 4.00. The monoisotopic (exact) mass is 418 g/mol. The van der Waals surface area contributed by atoms with Crippen molar-refractivity contribution in [1.82, 2.24) is 10.2 Å². The van der Waals surface area contributed by atoms with Gasteiger partial charge in [-0.2, -0.15) is 5.10 Å². The molecule has 146 valence electrons. The normalized spacial score (nSPS) is 11.6. The molecule has 0 amide bonds. The van der Waals surface area contributed by atoms with Crippen molar-refractivity contribution >= 4 is 27.4 Å². The SMILES string of the molecule is CC(C)OC(=O)c1[nH]nc(-c2ccc(S(C)(=O)=O)cc2)c1-c1ccc(Cl)cc1. The summed E-state index contributed by atoms with van der Waals surface area (Å²) in [5.41, 5.74) is 2.69. The van der Waals surface area contributed by atoms with Crippen molar-refractivity contribution in [1.29, 1.82) is 0 Å². The van der Waals surface area contributed by atoms with Gasteiger partial charge in [0.2, 0.25) is 0 Å². The maximum atomic E-state index is 12.5. The molecule has 3 aromatic rings. The molecule has 1 aromatic heterocycles. The lowest BCUT2D eigenvalue weighted by atomic mass is 9.99. The fraction of sp³-hybridized carbons (Fsp3) is 0.200. The van der Waals surface area contributed by atoms with Crippen molar-refractivity contribution in [3.05, 3.63) is 59.2 Å². The highest BCUT2D eigenvalue weighted by molar-refractivity contribution is 7.90. The van der Waals surface area contributed by atoms with Crippen molar-refractivity contribution < 1.29 is 17.9 Å². The van der Waals surface area contributed by atoms with Gasteiger partial charge in [0.15, 0.2) is 15.5 Å². The van der Waals surface area contributed by atoms with Gasteiger partial charge in [-0.15, -0.1) is 0 Å². The maximum Gasteiger partial charge on any atom is 0.357 e. The average Bonchev–Trinajstić information content (AvgIpc) is 3.06. The van der Waals surface area contributed by atoms with Gasteiger partial charge >= 0.3 is 5.97 Å². The van der Waals surface area contributed by atoms with E-state index in [1.165, 1.54) is 12.1 Å². The van der Waals surface area contributed by atoms with Gasteiger partial charge < -0.3 is 4.74 Å². The fourth-order valence-electron chi connectivity index (χ4n) is 2.73. The largest absolute Gasteiger partial charge is 0.458 e. The quantitative estimate of drug-likeness (QED) is 0.621. The van der Waals surface area contributed by atoms with Crippen LogP contribution in [0.1, 0.15) is 24.3 Å². The molecule has 0 aliphatic carbocycles. The Labute approximate surface area is 168 Å². The van der Waals surface area contributed by atoms with E-state index in [1.54, 1.807) is 50.2 Å². The molecule has 0 spiro atoms. The van der Waals surface area contributed by atoms with Crippen LogP contribution in [-0.2, 0) is 14.6 Å². The number of sulfone groups is 1. The van der Waals surface area contributed by atoms with Crippen LogP contribution >= 0.6 is 11.6 Å². The number of halogens is 1. The van der Waals surface area contributed by atoms with E-state index in [0.717, 1.165) is 11.8 Å². The summed E-state index contributed by atoms with van der Waals surface area (Å²) in [4.78, 5) is 12.8. The van der Waals surface area contributed by atoms with Crippen LogP contribution < -0.4 is 0 Å². The second-order valence-electron chi connectivity index (χ2n) is 6.58. The number of esters is 1. The number of aromatic nitrogens is 2. The minimum absolute atomic E-state index is 0.208. The van der Waals surface area contributed by atoms with Crippen LogP contribution in [-0.4, -0.2) is 36.9 Å². The van der Waals surface area contributed by atoms with Gasteiger partial charge in [0.05, 0.1) is 11.0 Å². The van der Waals surface area contributed by atoms with E-state index in [9.17, 15) is 13.2 Å². The number of aromatic amines is 1.